The van der Waals surface area contributed by atoms with Gasteiger partial charge in [-0.05, 0) is 35.9 Å². The van der Waals surface area contributed by atoms with E-state index in [0.29, 0.717) is 21.3 Å². The molecule has 0 spiro atoms. The van der Waals surface area contributed by atoms with E-state index in [-0.39, 0.29) is 6.54 Å². The first-order chi connectivity index (χ1) is 11.6. The summed E-state index contributed by atoms with van der Waals surface area (Å²) in [4.78, 5) is 12.2. The molecule has 0 aromatic heterocycles. The maximum absolute atomic E-state index is 13.0. The van der Waals surface area contributed by atoms with Crippen LogP contribution in [-0.2, 0) is 21.4 Å². The molecule has 2 rings (SSSR count). The lowest BCUT2D eigenvalue weighted by molar-refractivity contribution is -0.116. The van der Waals surface area contributed by atoms with E-state index >= 15 is 0 Å². The Labute approximate surface area is 155 Å². The number of amides is 1. The van der Waals surface area contributed by atoms with Crippen molar-refractivity contribution in [3.63, 3.8) is 0 Å². The quantitative estimate of drug-likeness (QED) is 0.800. The monoisotopic (exact) mass is 404 g/mol. The topological polar surface area (TPSA) is 66.5 Å². The highest BCUT2D eigenvalue weighted by Gasteiger charge is 2.20. The molecule has 0 aliphatic carbocycles. The molecule has 0 saturated heterocycles. The number of nitrogens with zero attached hydrogens (tertiary/aromatic N) is 1. The molecule has 2 aromatic carbocycles. The van der Waals surface area contributed by atoms with E-state index in [0.717, 1.165) is 10.6 Å². The van der Waals surface area contributed by atoms with Crippen LogP contribution in [0.4, 0.5) is 10.1 Å². The van der Waals surface area contributed by atoms with E-state index in [9.17, 15) is 17.6 Å². The normalized spacial score (nSPS) is 11.6. The van der Waals surface area contributed by atoms with Crippen molar-refractivity contribution in [3.8, 4) is 0 Å². The van der Waals surface area contributed by atoms with E-state index < -0.39 is 28.3 Å². The zero-order valence-electron chi connectivity index (χ0n) is 13.2. The Morgan fingerprint density at radius 2 is 1.68 bits per heavy atom. The SMILES string of the molecule is CS(=O)(=O)N(CC(=O)Nc1cc(Cl)cc(Cl)c1)Cc1ccc(F)cc1. The lowest BCUT2D eigenvalue weighted by Gasteiger charge is -2.19. The van der Waals surface area contributed by atoms with Crippen LogP contribution in [0.5, 0.6) is 0 Å². The Bertz CT molecular complexity index is 853. The fourth-order valence-corrected chi connectivity index (χ4v) is 3.33. The van der Waals surface area contributed by atoms with Crippen molar-refractivity contribution in [1.82, 2.24) is 4.31 Å². The highest BCUT2D eigenvalue weighted by molar-refractivity contribution is 7.88. The average molecular weight is 405 g/mol. The van der Waals surface area contributed by atoms with E-state index in [4.69, 9.17) is 23.2 Å². The molecule has 0 unspecified atom stereocenters. The highest BCUT2D eigenvalue weighted by atomic mass is 35.5. The van der Waals surface area contributed by atoms with Gasteiger partial charge in [0.05, 0.1) is 12.8 Å². The number of nitrogens with one attached hydrogen (secondary N) is 1. The summed E-state index contributed by atoms with van der Waals surface area (Å²) in [7, 11) is -3.65. The molecule has 0 radical (unpaired) electrons. The molecule has 0 fully saturated rings. The van der Waals surface area contributed by atoms with Crippen LogP contribution in [0.3, 0.4) is 0 Å². The number of anilines is 1. The van der Waals surface area contributed by atoms with Gasteiger partial charge in [0.25, 0.3) is 0 Å². The zero-order chi connectivity index (χ0) is 18.6. The van der Waals surface area contributed by atoms with Crippen molar-refractivity contribution in [2.45, 2.75) is 6.54 Å². The van der Waals surface area contributed by atoms with Crippen molar-refractivity contribution in [2.24, 2.45) is 0 Å². The fraction of sp³-hybridized carbons (Fsp3) is 0.188. The first-order valence-electron chi connectivity index (χ1n) is 7.09. The molecule has 134 valence electrons. The summed E-state index contributed by atoms with van der Waals surface area (Å²) < 4.78 is 37.8. The van der Waals surface area contributed by atoms with Crippen molar-refractivity contribution in [2.75, 3.05) is 18.1 Å². The van der Waals surface area contributed by atoms with Crippen LogP contribution in [-0.4, -0.2) is 31.4 Å². The molecule has 25 heavy (non-hydrogen) atoms. The van der Waals surface area contributed by atoms with Crippen LogP contribution in [0.2, 0.25) is 10.0 Å². The molecule has 1 N–H and O–H groups in total. The van der Waals surface area contributed by atoms with E-state index in [1.165, 1.54) is 42.5 Å². The Morgan fingerprint density at radius 3 is 2.20 bits per heavy atom. The third-order valence-corrected chi connectivity index (χ3v) is 4.84. The predicted molar refractivity (Wildman–Crippen MR) is 96.7 cm³/mol. The van der Waals surface area contributed by atoms with Gasteiger partial charge < -0.3 is 5.32 Å². The number of hydrogen-bond donors (Lipinski definition) is 1. The van der Waals surface area contributed by atoms with Gasteiger partial charge >= 0.3 is 0 Å². The summed E-state index contributed by atoms with van der Waals surface area (Å²) in [6.45, 7) is -0.455. The molecule has 0 bridgehead atoms. The summed E-state index contributed by atoms with van der Waals surface area (Å²) in [5, 5.41) is 3.23. The Kier molecular flexibility index (Phi) is 6.40. The Hall–Kier alpha value is -1.67. The molecule has 9 heteroatoms. The second kappa shape index (κ2) is 8.14. The Balaban J connectivity index is 2.11. The summed E-state index contributed by atoms with van der Waals surface area (Å²) in [5.41, 5.74) is 0.920. The molecule has 2 aromatic rings. The number of halogens is 3. The van der Waals surface area contributed by atoms with Gasteiger partial charge in [0.2, 0.25) is 15.9 Å². The minimum absolute atomic E-state index is 0.0527. The molecule has 0 aliphatic heterocycles. The van der Waals surface area contributed by atoms with Gasteiger partial charge in [0.15, 0.2) is 0 Å². The maximum atomic E-state index is 13.0. The van der Waals surface area contributed by atoms with Crippen molar-refractivity contribution < 1.29 is 17.6 Å². The lowest BCUT2D eigenvalue weighted by atomic mass is 10.2. The van der Waals surface area contributed by atoms with Crippen LogP contribution < -0.4 is 5.32 Å². The molecular weight excluding hydrogens is 390 g/mol. The first-order valence-corrected chi connectivity index (χ1v) is 9.69. The molecule has 1 amide bonds. The fourth-order valence-electron chi connectivity index (χ4n) is 2.07. The molecule has 0 saturated carbocycles. The number of hydrogen-bond acceptors (Lipinski definition) is 3. The lowest BCUT2D eigenvalue weighted by Crippen LogP contribution is -2.36. The van der Waals surface area contributed by atoms with Crippen molar-refractivity contribution >= 4 is 44.8 Å². The molecule has 0 atom stereocenters. The average Bonchev–Trinajstić information content (AvgIpc) is 2.46. The summed E-state index contributed by atoms with van der Waals surface area (Å²) >= 11 is 11.7. The van der Waals surface area contributed by atoms with E-state index in [2.05, 4.69) is 5.32 Å². The number of rotatable bonds is 6. The standard InChI is InChI=1S/C16H15Cl2FN2O3S/c1-25(23,24)21(9-11-2-4-14(19)5-3-11)10-16(22)20-15-7-12(17)6-13(18)8-15/h2-8H,9-10H2,1H3,(H,20,22). The minimum Gasteiger partial charge on any atom is -0.325 e. The molecule has 5 nitrogen and oxygen atoms in total. The smallest absolute Gasteiger partial charge is 0.239 e. The number of benzene rings is 2. The zero-order valence-corrected chi connectivity index (χ0v) is 15.5. The van der Waals surface area contributed by atoms with Gasteiger partial charge in [-0.15, -0.1) is 0 Å². The van der Waals surface area contributed by atoms with Gasteiger partial charge in [-0.1, -0.05) is 35.3 Å². The predicted octanol–water partition coefficient (Wildman–Crippen LogP) is 3.53. The van der Waals surface area contributed by atoms with E-state index in [1.54, 1.807) is 0 Å². The number of sulfonamides is 1. The van der Waals surface area contributed by atoms with Crippen molar-refractivity contribution in [3.05, 3.63) is 63.9 Å². The van der Waals surface area contributed by atoms with E-state index in [1.807, 2.05) is 0 Å². The first kappa shape index (κ1) is 19.7. The number of carbonyl (C=O) groups is 1. The Morgan fingerprint density at radius 1 is 1.12 bits per heavy atom. The number of carbonyl (C=O) groups excluding carboxylic acids is 1. The van der Waals surface area contributed by atoms with Crippen LogP contribution in [0.1, 0.15) is 5.56 Å². The van der Waals surface area contributed by atoms with Gasteiger partial charge in [-0.2, -0.15) is 4.31 Å². The van der Waals surface area contributed by atoms with Crippen LogP contribution >= 0.6 is 23.2 Å². The third-order valence-electron chi connectivity index (χ3n) is 3.21. The van der Waals surface area contributed by atoms with Crippen LogP contribution in [0, 0.1) is 5.82 Å². The second-order valence-corrected chi connectivity index (χ2v) is 8.22. The molecular formula is C16H15Cl2FN2O3S. The maximum Gasteiger partial charge on any atom is 0.239 e. The van der Waals surface area contributed by atoms with Crippen LogP contribution in [0.25, 0.3) is 0 Å². The second-order valence-electron chi connectivity index (χ2n) is 5.36. The van der Waals surface area contributed by atoms with Gasteiger partial charge in [-0.3, -0.25) is 4.79 Å². The van der Waals surface area contributed by atoms with Crippen LogP contribution in [0.15, 0.2) is 42.5 Å². The third kappa shape index (κ3) is 6.28. The molecule has 0 heterocycles. The van der Waals surface area contributed by atoms with Crippen molar-refractivity contribution in [1.29, 1.82) is 0 Å². The van der Waals surface area contributed by atoms with Gasteiger partial charge in [0, 0.05) is 22.3 Å². The van der Waals surface area contributed by atoms with Gasteiger partial charge in [-0.25, -0.2) is 12.8 Å². The van der Waals surface area contributed by atoms with Gasteiger partial charge in [0.1, 0.15) is 5.82 Å². The molecule has 0 aliphatic rings. The summed E-state index contributed by atoms with van der Waals surface area (Å²) in [6, 6.07) is 9.88. The summed E-state index contributed by atoms with van der Waals surface area (Å²) in [5.74, 6) is -0.976. The summed E-state index contributed by atoms with van der Waals surface area (Å²) in [6.07, 6.45) is 1.00. The largest absolute Gasteiger partial charge is 0.325 e. The minimum atomic E-state index is -3.65. The highest BCUT2D eigenvalue weighted by Crippen LogP contribution is 2.22.